The number of aliphatic imine (C=N–C) groups is 1. The van der Waals surface area contributed by atoms with Gasteiger partial charge in [0.05, 0.1) is 11.5 Å². The Morgan fingerprint density at radius 2 is 1.79 bits per heavy atom. The Hall–Kier alpha value is -2.92. The second kappa shape index (κ2) is 11.0. The van der Waals surface area contributed by atoms with Crippen LogP contribution in [0.3, 0.4) is 0 Å². The number of amides is 1. The van der Waals surface area contributed by atoms with Gasteiger partial charge in [0, 0.05) is 12.1 Å². The number of rotatable bonds is 10. The number of hydrogen-bond donors (Lipinski definition) is 2. The lowest BCUT2D eigenvalue weighted by Crippen LogP contribution is -2.35. The van der Waals surface area contributed by atoms with Crippen LogP contribution >= 0.6 is 0 Å². The van der Waals surface area contributed by atoms with Gasteiger partial charge in [0.25, 0.3) is 10.0 Å². The highest BCUT2D eigenvalue weighted by Gasteiger charge is 2.31. The third kappa shape index (κ3) is 7.04. The zero-order valence-corrected chi connectivity index (χ0v) is 19.4. The van der Waals surface area contributed by atoms with Crippen molar-refractivity contribution in [3.05, 3.63) is 65.2 Å². The maximum atomic E-state index is 12.9. The molecular weight excluding hydrogens is 471 g/mol. The molecule has 1 aliphatic heterocycles. The Balaban J connectivity index is 1.64. The van der Waals surface area contributed by atoms with Crippen molar-refractivity contribution in [1.82, 2.24) is 10.0 Å². The van der Waals surface area contributed by atoms with Crippen LogP contribution in [0.5, 0.6) is 0 Å². The molecule has 1 unspecified atom stereocenters. The molecule has 0 aliphatic carbocycles. The van der Waals surface area contributed by atoms with Gasteiger partial charge in [-0.15, -0.1) is 0 Å². The van der Waals surface area contributed by atoms with E-state index in [9.17, 15) is 26.4 Å². The summed E-state index contributed by atoms with van der Waals surface area (Å²) in [4.78, 5) is 17.4. The predicted octanol–water partition coefficient (Wildman–Crippen LogP) is 3.68. The number of alkyl halides is 3. The molecule has 2 aromatic rings. The average molecular weight is 498 g/mol. The number of ether oxygens (including phenoxy) is 1. The lowest BCUT2D eigenvalue weighted by molar-refractivity contribution is -0.176. The molecule has 1 heterocycles. The van der Waals surface area contributed by atoms with Crippen LogP contribution in [0.15, 0.2) is 58.4 Å². The van der Waals surface area contributed by atoms with Gasteiger partial charge >= 0.3 is 6.18 Å². The number of sulfonamides is 1. The molecule has 2 aromatic carbocycles. The zero-order valence-electron chi connectivity index (χ0n) is 18.6. The fourth-order valence-electron chi connectivity index (χ4n) is 3.38. The highest BCUT2D eigenvalue weighted by Crippen LogP contribution is 2.23. The van der Waals surface area contributed by atoms with E-state index >= 15 is 0 Å². The van der Waals surface area contributed by atoms with E-state index in [4.69, 9.17) is 0 Å². The van der Waals surface area contributed by atoms with Gasteiger partial charge in [0.2, 0.25) is 5.91 Å². The van der Waals surface area contributed by atoms with Crippen LogP contribution in [0.25, 0.3) is 0 Å². The van der Waals surface area contributed by atoms with Crippen LogP contribution in [-0.4, -0.2) is 39.0 Å². The Morgan fingerprint density at radius 1 is 1.12 bits per heavy atom. The quantitative estimate of drug-likeness (QED) is 0.523. The zero-order chi connectivity index (χ0) is 24.8. The topological polar surface area (TPSA) is 96.9 Å². The predicted molar refractivity (Wildman–Crippen MR) is 121 cm³/mol. The highest BCUT2D eigenvalue weighted by atomic mass is 32.2. The number of carbonyl (C=O) groups excluding carboxylic acids is 1. The monoisotopic (exact) mass is 497 g/mol. The van der Waals surface area contributed by atoms with Gasteiger partial charge in [-0.1, -0.05) is 56.2 Å². The van der Waals surface area contributed by atoms with Crippen molar-refractivity contribution in [2.75, 3.05) is 6.61 Å². The summed E-state index contributed by atoms with van der Waals surface area (Å²) < 4.78 is 68.2. The summed E-state index contributed by atoms with van der Waals surface area (Å²) in [5, 5.41) is 2.81. The van der Waals surface area contributed by atoms with E-state index in [1.54, 1.807) is 42.5 Å². The average Bonchev–Trinajstić information content (AvgIpc) is 3.05. The highest BCUT2D eigenvalue weighted by molar-refractivity contribution is 7.90. The molecule has 34 heavy (non-hydrogen) atoms. The first-order chi connectivity index (χ1) is 16.1. The molecule has 2 N–H and O–H groups in total. The van der Waals surface area contributed by atoms with Gasteiger partial charge in [0.15, 0.2) is 0 Å². The third-order valence-electron chi connectivity index (χ3n) is 5.11. The number of nitrogens with zero attached hydrogens (tertiary/aromatic N) is 1. The number of unbranched alkanes of at least 4 members (excludes halogenated alkanes) is 1. The summed E-state index contributed by atoms with van der Waals surface area (Å²) in [5.74, 6) is -0.197. The van der Waals surface area contributed by atoms with E-state index in [1.807, 2.05) is 6.92 Å². The summed E-state index contributed by atoms with van der Waals surface area (Å²) in [5.41, 5.74) is 1.76. The minimum absolute atomic E-state index is 0.128. The Labute approximate surface area is 196 Å². The van der Waals surface area contributed by atoms with E-state index in [2.05, 4.69) is 19.8 Å². The van der Waals surface area contributed by atoms with Crippen LogP contribution in [0.2, 0.25) is 0 Å². The summed E-state index contributed by atoms with van der Waals surface area (Å²) in [6, 6.07) is 12.3. The molecule has 1 atom stereocenters. The minimum atomic E-state index is -4.37. The van der Waals surface area contributed by atoms with E-state index in [-0.39, 0.29) is 29.8 Å². The van der Waals surface area contributed by atoms with Crippen molar-refractivity contribution in [2.24, 2.45) is 4.99 Å². The van der Waals surface area contributed by atoms with Crippen LogP contribution in [0, 0.1) is 0 Å². The van der Waals surface area contributed by atoms with E-state index in [0.29, 0.717) is 17.5 Å². The molecule has 3 rings (SSSR count). The smallest absolute Gasteiger partial charge is 0.367 e. The first-order valence-electron chi connectivity index (χ1n) is 10.8. The first-order valence-corrected chi connectivity index (χ1v) is 12.3. The molecule has 0 fully saturated rings. The molecule has 11 heteroatoms. The van der Waals surface area contributed by atoms with E-state index in [1.165, 1.54) is 6.07 Å². The Kier molecular flexibility index (Phi) is 8.32. The van der Waals surface area contributed by atoms with Gasteiger partial charge in [0.1, 0.15) is 18.5 Å². The van der Waals surface area contributed by atoms with Crippen molar-refractivity contribution in [1.29, 1.82) is 0 Å². The lowest BCUT2D eigenvalue weighted by Gasteiger charge is -2.14. The molecule has 1 aliphatic rings. The van der Waals surface area contributed by atoms with Crippen molar-refractivity contribution in [3.63, 3.8) is 0 Å². The lowest BCUT2D eigenvalue weighted by atomic mass is 10.1. The summed E-state index contributed by atoms with van der Waals surface area (Å²) >= 11 is 0. The van der Waals surface area contributed by atoms with Gasteiger partial charge in [-0.05, 0) is 29.7 Å². The van der Waals surface area contributed by atoms with Crippen molar-refractivity contribution < 1.29 is 31.1 Å². The van der Waals surface area contributed by atoms with Crippen molar-refractivity contribution in [3.8, 4) is 0 Å². The molecule has 0 saturated heterocycles. The van der Waals surface area contributed by atoms with E-state index in [0.717, 1.165) is 18.4 Å². The summed E-state index contributed by atoms with van der Waals surface area (Å²) in [6.45, 7) is 0.696. The number of halogens is 3. The number of nitrogens with one attached hydrogen (secondary N) is 2. The number of hydrogen-bond acceptors (Lipinski definition) is 5. The van der Waals surface area contributed by atoms with Crippen LogP contribution < -0.4 is 10.0 Å². The standard InChI is InChI=1S/C23H26F3N3O4S/c1-2-3-7-19(28-21-18-6-4-5-8-20(18)34(31,32)29-21)22(30)27-13-16-9-11-17(12-10-16)14-33-15-23(24,25)26/h4-6,8-12,19H,2-3,7,13-15H2,1H3,(H,27,30)(H,28,29). The number of carbonyl (C=O) groups is 1. The minimum Gasteiger partial charge on any atom is -0.367 e. The molecule has 0 saturated carbocycles. The molecule has 0 spiro atoms. The molecule has 7 nitrogen and oxygen atoms in total. The van der Waals surface area contributed by atoms with Gasteiger partial charge < -0.3 is 10.1 Å². The van der Waals surface area contributed by atoms with Gasteiger partial charge in [-0.2, -0.15) is 13.2 Å². The first kappa shape index (κ1) is 25.7. The largest absolute Gasteiger partial charge is 0.411 e. The van der Waals surface area contributed by atoms with Gasteiger partial charge in [-0.25, -0.2) is 8.42 Å². The third-order valence-corrected chi connectivity index (χ3v) is 6.50. The second-order valence-electron chi connectivity index (χ2n) is 7.88. The maximum Gasteiger partial charge on any atom is 0.411 e. The van der Waals surface area contributed by atoms with Crippen molar-refractivity contribution in [2.45, 2.75) is 56.5 Å². The molecule has 1 amide bonds. The van der Waals surface area contributed by atoms with Crippen LogP contribution in [-0.2, 0) is 32.7 Å². The maximum absolute atomic E-state index is 12.9. The number of amidine groups is 1. The fourth-order valence-corrected chi connectivity index (χ4v) is 4.62. The molecule has 0 radical (unpaired) electrons. The van der Waals surface area contributed by atoms with Crippen molar-refractivity contribution >= 4 is 21.8 Å². The SMILES string of the molecule is CCCCC(N=C1NS(=O)(=O)c2ccccc21)C(=O)NCc1ccc(COCC(F)(F)F)cc1. The van der Waals surface area contributed by atoms with E-state index < -0.39 is 28.8 Å². The molecule has 0 aromatic heterocycles. The van der Waals surface area contributed by atoms with Crippen LogP contribution in [0.1, 0.15) is 42.9 Å². The number of benzene rings is 2. The fraction of sp³-hybridized carbons (Fsp3) is 0.391. The Morgan fingerprint density at radius 3 is 2.47 bits per heavy atom. The Bertz CT molecular complexity index is 1130. The summed E-state index contributed by atoms with van der Waals surface area (Å²) in [7, 11) is -3.71. The number of fused-ring (bicyclic) bond motifs is 1. The normalized spacial score (nSPS) is 16.6. The molecule has 0 bridgehead atoms. The van der Waals surface area contributed by atoms with Gasteiger partial charge in [-0.3, -0.25) is 14.5 Å². The molecule has 184 valence electrons. The summed E-state index contributed by atoms with van der Waals surface area (Å²) in [6.07, 6.45) is -2.35. The second-order valence-corrected chi connectivity index (χ2v) is 9.53. The molecular formula is C23H26F3N3O4S. The van der Waals surface area contributed by atoms with Crippen LogP contribution in [0.4, 0.5) is 13.2 Å².